The Morgan fingerprint density at radius 2 is 1.90 bits per heavy atom. The number of hydrogen-bond acceptors (Lipinski definition) is 3. The third-order valence-corrected chi connectivity index (χ3v) is 3.85. The highest BCUT2D eigenvalue weighted by molar-refractivity contribution is 5.94. The fourth-order valence-electron chi connectivity index (χ4n) is 2.60. The molecule has 1 aliphatic rings. The van der Waals surface area contributed by atoms with E-state index < -0.39 is 0 Å². The van der Waals surface area contributed by atoms with Crippen LogP contribution in [0.3, 0.4) is 0 Å². The van der Waals surface area contributed by atoms with Crippen molar-refractivity contribution < 1.29 is 9.90 Å². The lowest BCUT2D eigenvalue weighted by molar-refractivity contribution is 0.0517. The van der Waals surface area contributed by atoms with E-state index in [9.17, 15) is 9.90 Å². The van der Waals surface area contributed by atoms with Gasteiger partial charge in [0.1, 0.15) is 0 Å². The number of carbonyl (C=O) groups is 1. The van der Waals surface area contributed by atoms with Crippen LogP contribution in [0.25, 0.3) is 0 Å². The first kappa shape index (κ1) is 15.7. The van der Waals surface area contributed by atoms with Gasteiger partial charge in [0.15, 0.2) is 0 Å². The first-order valence-corrected chi connectivity index (χ1v) is 7.56. The molecule has 0 spiro atoms. The Morgan fingerprint density at radius 3 is 2.52 bits per heavy atom. The van der Waals surface area contributed by atoms with E-state index in [4.69, 9.17) is 0 Å². The van der Waals surface area contributed by atoms with Crippen LogP contribution in [0.1, 0.15) is 23.2 Å². The van der Waals surface area contributed by atoms with Crippen molar-refractivity contribution in [1.82, 2.24) is 9.80 Å². The van der Waals surface area contributed by atoms with E-state index in [0.29, 0.717) is 6.54 Å². The molecule has 0 saturated carbocycles. The average molecular weight is 288 g/mol. The number of amides is 1. The molecule has 114 valence electrons. The normalized spacial score (nSPS) is 17.5. The highest BCUT2D eigenvalue weighted by Crippen LogP contribution is 2.10. The zero-order chi connectivity index (χ0) is 15.1. The zero-order valence-corrected chi connectivity index (χ0v) is 12.4. The van der Waals surface area contributed by atoms with E-state index in [1.165, 1.54) is 0 Å². The number of piperazine rings is 1. The van der Waals surface area contributed by atoms with Gasteiger partial charge in [-0.2, -0.15) is 0 Å². The molecule has 0 aliphatic carbocycles. The average Bonchev–Trinajstić information content (AvgIpc) is 2.54. The summed E-state index contributed by atoms with van der Waals surface area (Å²) in [5.41, 5.74) is 0.747. The molecule has 4 nitrogen and oxygen atoms in total. The maximum Gasteiger partial charge on any atom is 0.253 e. The van der Waals surface area contributed by atoms with Gasteiger partial charge in [-0.05, 0) is 25.0 Å². The third kappa shape index (κ3) is 4.69. The number of aliphatic hydroxyl groups is 1. The molecule has 1 fully saturated rings. The molecule has 1 heterocycles. The monoisotopic (exact) mass is 288 g/mol. The van der Waals surface area contributed by atoms with Gasteiger partial charge < -0.3 is 10.0 Å². The number of nitrogens with zero attached hydrogens (tertiary/aromatic N) is 2. The van der Waals surface area contributed by atoms with Crippen molar-refractivity contribution in [2.24, 2.45) is 0 Å². The Labute approximate surface area is 126 Å². The molecular formula is C17H24N2O2. The first-order valence-electron chi connectivity index (χ1n) is 7.56. The number of carbonyl (C=O) groups excluding carboxylic acids is 1. The van der Waals surface area contributed by atoms with Crippen LogP contribution in [0.15, 0.2) is 43.0 Å². The number of benzene rings is 1. The Kier molecular flexibility index (Phi) is 5.96. The minimum Gasteiger partial charge on any atom is -0.392 e. The summed E-state index contributed by atoms with van der Waals surface area (Å²) in [4.78, 5) is 16.4. The molecule has 1 unspecified atom stereocenters. The van der Waals surface area contributed by atoms with Gasteiger partial charge in [0.05, 0.1) is 6.10 Å². The van der Waals surface area contributed by atoms with Gasteiger partial charge in [-0.25, -0.2) is 0 Å². The molecule has 4 heteroatoms. The van der Waals surface area contributed by atoms with E-state index in [1.54, 1.807) is 0 Å². The summed E-state index contributed by atoms with van der Waals surface area (Å²) in [6, 6.07) is 9.40. The van der Waals surface area contributed by atoms with Crippen molar-refractivity contribution in [2.45, 2.75) is 18.9 Å². The zero-order valence-electron chi connectivity index (χ0n) is 12.4. The molecule has 1 N–H and O–H groups in total. The maximum atomic E-state index is 12.3. The fourth-order valence-corrected chi connectivity index (χ4v) is 2.60. The summed E-state index contributed by atoms with van der Waals surface area (Å²) in [7, 11) is 0. The van der Waals surface area contributed by atoms with Gasteiger partial charge in [0.2, 0.25) is 0 Å². The van der Waals surface area contributed by atoms with Crippen LogP contribution in [0.2, 0.25) is 0 Å². The largest absolute Gasteiger partial charge is 0.392 e. The van der Waals surface area contributed by atoms with Gasteiger partial charge in [-0.1, -0.05) is 24.3 Å². The van der Waals surface area contributed by atoms with Crippen molar-refractivity contribution in [3.8, 4) is 0 Å². The minimum atomic E-state index is -0.306. The minimum absolute atomic E-state index is 0.0995. The number of aliphatic hydroxyl groups excluding tert-OH is 1. The Hall–Kier alpha value is -1.65. The second kappa shape index (κ2) is 7.96. The number of allylic oxidation sites excluding steroid dienone is 1. The lowest BCUT2D eigenvalue weighted by Gasteiger charge is -2.35. The predicted octanol–water partition coefficient (Wildman–Crippen LogP) is 1.77. The summed E-state index contributed by atoms with van der Waals surface area (Å²) < 4.78 is 0. The molecule has 0 bridgehead atoms. The van der Waals surface area contributed by atoms with E-state index in [2.05, 4.69) is 11.5 Å². The SMILES string of the molecule is C=CCCC(O)CN1CCN(C(=O)c2ccccc2)CC1. The lowest BCUT2D eigenvalue weighted by Crippen LogP contribution is -2.50. The summed E-state index contributed by atoms with van der Waals surface area (Å²) >= 11 is 0. The summed E-state index contributed by atoms with van der Waals surface area (Å²) in [5.74, 6) is 0.0995. The molecule has 1 aromatic carbocycles. The number of hydrogen-bond donors (Lipinski definition) is 1. The highest BCUT2D eigenvalue weighted by atomic mass is 16.3. The van der Waals surface area contributed by atoms with Crippen LogP contribution in [0.4, 0.5) is 0 Å². The Bertz CT molecular complexity index is 453. The smallest absolute Gasteiger partial charge is 0.253 e. The van der Waals surface area contributed by atoms with Crippen LogP contribution >= 0.6 is 0 Å². The summed E-state index contributed by atoms with van der Waals surface area (Å²) in [5, 5.41) is 9.92. The summed E-state index contributed by atoms with van der Waals surface area (Å²) in [6.07, 6.45) is 3.12. The van der Waals surface area contributed by atoms with Crippen LogP contribution in [-0.4, -0.2) is 59.6 Å². The van der Waals surface area contributed by atoms with Gasteiger partial charge >= 0.3 is 0 Å². The quantitative estimate of drug-likeness (QED) is 0.811. The fraction of sp³-hybridized carbons (Fsp3) is 0.471. The molecular weight excluding hydrogens is 264 g/mol. The van der Waals surface area contributed by atoms with Crippen molar-refractivity contribution in [2.75, 3.05) is 32.7 Å². The number of rotatable bonds is 6. The van der Waals surface area contributed by atoms with Gasteiger partial charge in [-0.3, -0.25) is 9.69 Å². The van der Waals surface area contributed by atoms with E-state index in [0.717, 1.165) is 44.6 Å². The third-order valence-electron chi connectivity index (χ3n) is 3.85. The standard InChI is InChI=1S/C17H24N2O2/c1-2-3-9-16(20)14-18-10-12-19(13-11-18)17(21)15-7-5-4-6-8-15/h2,4-8,16,20H,1,3,9-14H2. The van der Waals surface area contributed by atoms with Crippen molar-refractivity contribution in [3.63, 3.8) is 0 Å². The maximum absolute atomic E-state index is 12.3. The Morgan fingerprint density at radius 1 is 1.24 bits per heavy atom. The number of β-amino-alcohol motifs (C(OH)–C–C–N with tert-alkyl or cyclic N) is 1. The van der Waals surface area contributed by atoms with Crippen molar-refractivity contribution >= 4 is 5.91 Å². The van der Waals surface area contributed by atoms with Crippen LogP contribution < -0.4 is 0 Å². The molecule has 1 saturated heterocycles. The molecule has 0 aromatic heterocycles. The molecule has 1 atom stereocenters. The lowest BCUT2D eigenvalue weighted by atomic mass is 10.1. The highest BCUT2D eigenvalue weighted by Gasteiger charge is 2.22. The molecule has 1 aromatic rings. The molecule has 1 amide bonds. The topological polar surface area (TPSA) is 43.8 Å². The van der Waals surface area contributed by atoms with Crippen LogP contribution in [0, 0.1) is 0 Å². The van der Waals surface area contributed by atoms with E-state index in [-0.39, 0.29) is 12.0 Å². The second-order valence-electron chi connectivity index (χ2n) is 5.48. The molecule has 0 radical (unpaired) electrons. The molecule has 2 rings (SSSR count). The van der Waals surface area contributed by atoms with Crippen molar-refractivity contribution in [1.29, 1.82) is 0 Å². The Balaban J connectivity index is 1.78. The van der Waals surface area contributed by atoms with E-state index in [1.807, 2.05) is 41.3 Å². The molecule has 21 heavy (non-hydrogen) atoms. The van der Waals surface area contributed by atoms with Crippen molar-refractivity contribution in [3.05, 3.63) is 48.6 Å². The predicted molar refractivity (Wildman–Crippen MR) is 84.2 cm³/mol. The molecule has 1 aliphatic heterocycles. The van der Waals surface area contributed by atoms with Gasteiger partial charge in [0, 0.05) is 38.3 Å². The van der Waals surface area contributed by atoms with Crippen LogP contribution in [-0.2, 0) is 0 Å². The van der Waals surface area contributed by atoms with Crippen LogP contribution in [0.5, 0.6) is 0 Å². The van der Waals surface area contributed by atoms with Gasteiger partial charge in [0.25, 0.3) is 5.91 Å². The van der Waals surface area contributed by atoms with Gasteiger partial charge in [-0.15, -0.1) is 6.58 Å². The first-order chi connectivity index (χ1) is 10.2. The summed E-state index contributed by atoms with van der Waals surface area (Å²) in [6.45, 7) is 7.44. The second-order valence-corrected chi connectivity index (χ2v) is 5.48. The van der Waals surface area contributed by atoms with E-state index >= 15 is 0 Å².